The van der Waals surface area contributed by atoms with Crippen molar-refractivity contribution in [2.75, 3.05) is 0 Å². The maximum Gasteiger partial charge on any atom is -0.00966 e. The van der Waals surface area contributed by atoms with Gasteiger partial charge in [-0.2, -0.15) is 0 Å². The van der Waals surface area contributed by atoms with Crippen molar-refractivity contribution in [2.24, 2.45) is 11.8 Å². The second-order valence-corrected chi connectivity index (χ2v) is 5.23. The first-order valence-electron chi connectivity index (χ1n) is 6.47. The van der Waals surface area contributed by atoms with E-state index in [1.807, 2.05) is 0 Å². The lowest BCUT2D eigenvalue weighted by Crippen LogP contribution is -2.04. The van der Waals surface area contributed by atoms with Gasteiger partial charge in [0.2, 0.25) is 0 Å². The summed E-state index contributed by atoms with van der Waals surface area (Å²) in [6.45, 7) is 14.0. The molecule has 0 aliphatic heterocycles. The van der Waals surface area contributed by atoms with Crippen molar-refractivity contribution in [3.05, 3.63) is 22.3 Å². The summed E-state index contributed by atoms with van der Waals surface area (Å²) in [6, 6.07) is 0. The monoisotopic (exact) mass is 206 g/mol. The minimum absolute atomic E-state index is 0.696. The van der Waals surface area contributed by atoms with Crippen LogP contribution in [0.15, 0.2) is 22.3 Å². The van der Waals surface area contributed by atoms with E-state index in [2.05, 4.69) is 41.5 Å². The molecule has 15 heavy (non-hydrogen) atoms. The molecule has 0 saturated carbocycles. The van der Waals surface area contributed by atoms with E-state index in [1.54, 1.807) is 22.3 Å². The summed E-state index contributed by atoms with van der Waals surface area (Å²) >= 11 is 0. The van der Waals surface area contributed by atoms with Crippen LogP contribution in [0.4, 0.5) is 0 Å². The zero-order valence-corrected chi connectivity index (χ0v) is 11.3. The average molecular weight is 206 g/mol. The molecule has 0 heterocycles. The fraction of sp³-hybridized carbons (Fsp3) is 0.733. The van der Waals surface area contributed by atoms with E-state index in [1.165, 1.54) is 19.3 Å². The predicted molar refractivity (Wildman–Crippen MR) is 68.9 cm³/mol. The third kappa shape index (κ3) is 2.35. The smallest absolute Gasteiger partial charge is 0.00966 e. The Bertz CT molecular complexity index is 257. The first-order chi connectivity index (χ1) is 7.02. The van der Waals surface area contributed by atoms with E-state index in [4.69, 9.17) is 0 Å². The Morgan fingerprint density at radius 3 is 1.33 bits per heavy atom. The lowest BCUT2D eigenvalue weighted by atomic mass is 9.87. The molecule has 86 valence electrons. The highest BCUT2D eigenvalue weighted by Crippen LogP contribution is 2.42. The predicted octanol–water partition coefficient (Wildman–Crippen LogP) is 5.12. The summed E-state index contributed by atoms with van der Waals surface area (Å²) in [5, 5.41) is 0. The molecule has 0 fully saturated rings. The van der Waals surface area contributed by atoms with E-state index in [9.17, 15) is 0 Å². The Balaban J connectivity index is 3.16. The Morgan fingerprint density at radius 2 is 1.13 bits per heavy atom. The second kappa shape index (κ2) is 5.01. The van der Waals surface area contributed by atoms with Gasteiger partial charge in [-0.05, 0) is 42.2 Å². The van der Waals surface area contributed by atoms with Crippen molar-refractivity contribution in [1.82, 2.24) is 0 Å². The van der Waals surface area contributed by atoms with Crippen LogP contribution in [-0.4, -0.2) is 0 Å². The fourth-order valence-corrected chi connectivity index (χ4v) is 2.90. The van der Waals surface area contributed by atoms with Crippen molar-refractivity contribution in [2.45, 2.75) is 60.8 Å². The molecule has 0 aromatic heterocycles. The molecule has 1 aliphatic carbocycles. The third-order valence-corrected chi connectivity index (χ3v) is 3.49. The zero-order chi connectivity index (χ0) is 11.6. The summed E-state index contributed by atoms with van der Waals surface area (Å²) in [5.74, 6) is 1.39. The molecule has 0 N–H and O–H groups in total. The third-order valence-electron chi connectivity index (χ3n) is 3.49. The minimum Gasteiger partial charge on any atom is -0.0627 e. The standard InChI is InChI=1S/C15H26/c1-7-12-9-13(8-2)15(11(5)6)14(12)10(3)4/h10-11H,7-9H2,1-6H3. The number of hydrogen-bond acceptors (Lipinski definition) is 0. The van der Waals surface area contributed by atoms with Gasteiger partial charge < -0.3 is 0 Å². The first-order valence-corrected chi connectivity index (χ1v) is 6.47. The lowest BCUT2D eigenvalue weighted by Gasteiger charge is -2.18. The molecular formula is C15H26. The molecule has 0 radical (unpaired) electrons. The van der Waals surface area contributed by atoms with Gasteiger partial charge in [-0.3, -0.25) is 0 Å². The summed E-state index contributed by atoms with van der Waals surface area (Å²) in [5.41, 5.74) is 6.77. The Morgan fingerprint density at radius 1 is 0.800 bits per heavy atom. The van der Waals surface area contributed by atoms with E-state index in [0.717, 1.165) is 0 Å². The number of hydrogen-bond donors (Lipinski definition) is 0. The Hall–Kier alpha value is -0.520. The van der Waals surface area contributed by atoms with Gasteiger partial charge in [0.1, 0.15) is 0 Å². The quantitative estimate of drug-likeness (QED) is 0.599. The summed E-state index contributed by atoms with van der Waals surface area (Å²) in [6.07, 6.45) is 3.72. The molecule has 1 aliphatic rings. The molecule has 0 saturated heterocycles. The minimum atomic E-state index is 0.696. The number of rotatable bonds is 4. The van der Waals surface area contributed by atoms with Gasteiger partial charge in [0.15, 0.2) is 0 Å². The molecule has 0 aromatic rings. The first kappa shape index (κ1) is 12.5. The van der Waals surface area contributed by atoms with Crippen molar-refractivity contribution in [3.63, 3.8) is 0 Å². The molecule has 0 atom stereocenters. The number of allylic oxidation sites excluding steroid dienone is 4. The van der Waals surface area contributed by atoms with Crippen molar-refractivity contribution >= 4 is 0 Å². The average Bonchev–Trinajstić information content (AvgIpc) is 2.55. The summed E-state index contributed by atoms with van der Waals surface area (Å²) in [7, 11) is 0. The highest BCUT2D eigenvalue weighted by Gasteiger charge is 2.25. The molecular weight excluding hydrogens is 180 g/mol. The normalized spacial score (nSPS) is 17.6. The van der Waals surface area contributed by atoms with Gasteiger partial charge in [0.25, 0.3) is 0 Å². The van der Waals surface area contributed by atoms with Gasteiger partial charge in [0.05, 0.1) is 0 Å². The van der Waals surface area contributed by atoms with E-state index in [0.29, 0.717) is 11.8 Å². The van der Waals surface area contributed by atoms with Gasteiger partial charge in [-0.25, -0.2) is 0 Å². The summed E-state index contributed by atoms with van der Waals surface area (Å²) < 4.78 is 0. The molecule has 1 rings (SSSR count). The van der Waals surface area contributed by atoms with Crippen LogP contribution < -0.4 is 0 Å². The van der Waals surface area contributed by atoms with Crippen molar-refractivity contribution in [1.29, 1.82) is 0 Å². The fourth-order valence-electron chi connectivity index (χ4n) is 2.90. The van der Waals surface area contributed by atoms with Crippen LogP contribution in [0.3, 0.4) is 0 Å². The maximum atomic E-state index is 2.34. The second-order valence-electron chi connectivity index (χ2n) is 5.23. The molecule has 0 bridgehead atoms. The van der Waals surface area contributed by atoms with Crippen LogP contribution in [0.25, 0.3) is 0 Å². The highest BCUT2D eigenvalue weighted by atomic mass is 14.3. The SMILES string of the molecule is CCC1=C(C(C)C)C(C(C)C)=C(CC)C1. The Labute approximate surface area is 95.5 Å². The van der Waals surface area contributed by atoms with Gasteiger partial charge in [0, 0.05) is 0 Å². The van der Waals surface area contributed by atoms with Gasteiger partial charge in [-0.1, -0.05) is 52.7 Å². The molecule has 0 nitrogen and oxygen atoms in total. The van der Waals surface area contributed by atoms with Gasteiger partial charge >= 0.3 is 0 Å². The largest absolute Gasteiger partial charge is 0.0627 e. The summed E-state index contributed by atoms with van der Waals surface area (Å²) in [4.78, 5) is 0. The Kier molecular flexibility index (Phi) is 4.19. The van der Waals surface area contributed by atoms with Crippen LogP contribution in [-0.2, 0) is 0 Å². The molecule has 0 heteroatoms. The van der Waals surface area contributed by atoms with E-state index >= 15 is 0 Å². The van der Waals surface area contributed by atoms with Crippen LogP contribution in [0.1, 0.15) is 60.8 Å². The van der Waals surface area contributed by atoms with E-state index < -0.39 is 0 Å². The van der Waals surface area contributed by atoms with Crippen LogP contribution >= 0.6 is 0 Å². The molecule has 0 spiro atoms. The zero-order valence-electron chi connectivity index (χ0n) is 11.3. The topological polar surface area (TPSA) is 0 Å². The molecule has 0 unspecified atom stereocenters. The van der Waals surface area contributed by atoms with Crippen LogP contribution in [0.5, 0.6) is 0 Å². The maximum absolute atomic E-state index is 2.34. The molecule has 0 aromatic carbocycles. The van der Waals surface area contributed by atoms with Crippen LogP contribution in [0, 0.1) is 11.8 Å². The van der Waals surface area contributed by atoms with Gasteiger partial charge in [-0.15, -0.1) is 0 Å². The molecule has 0 amide bonds. The van der Waals surface area contributed by atoms with E-state index in [-0.39, 0.29) is 0 Å². The van der Waals surface area contributed by atoms with Crippen molar-refractivity contribution in [3.8, 4) is 0 Å². The highest BCUT2D eigenvalue weighted by molar-refractivity contribution is 5.49. The van der Waals surface area contributed by atoms with Crippen LogP contribution in [0.2, 0.25) is 0 Å². The van der Waals surface area contributed by atoms with Crippen molar-refractivity contribution < 1.29 is 0 Å². The lowest BCUT2D eigenvalue weighted by molar-refractivity contribution is 0.694.